The number of benzene rings is 1. The van der Waals surface area contributed by atoms with Crippen LogP contribution in [0.5, 0.6) is 0 Å². The molecule has 2 rings (SSSR count). The van der Waals surface area contributed by atoms with Gasteiger partial charge in [0.05, 0.1) is 6.54 Å². The van der Waals surface area contributed by atoms with Crippen molar-refractivity contribution in [3.05, 3.63) is 35.9 Å². The first-order valence-corrected chi connectivity index (χ1v) is 8.32. The summed E-state index contributed by atoms with van der Waals surface area (Å²) in [4.78, 5) is 29.0. The second-order valence-corrected chi connectivity index (χ2v) is 6.38. The molecule has 23 heavy (non-hydrogen) atoms. The molecule has 0 aliphatic carbocycles. The molecule has 1 aromatic carbocycles. The van der Waals surface area contributed by atoms with Crippen LogP contribution in [-0.4, -0.2) is 54.8 Å². The average molecular weight is 317 g/mol. The zero-order valence-corrected chi connectivity index (χ0v) is 14.3. The summed E-state index contributed by atoms with van der Waals surface area (Å²) in [6, 6.07) is 9.20. The Balaban J connectivity index is 2.19. The summed E-state index contributed by atoms with van der Waals surface area (Å²) in [7, 11) is 3.68. The minimum absolute atomic E-state index is 0.00709. The minimum atomic E-state index is -0.601. The van der Waals surface area contributed by atoms with Gasteiger partial charge in [-0.3, -0.25) is 9.59 Å². The van der Waals surface area contributed by atoms with Crippen LogP contribution in [0.15, 0.2) is 30.3 Å². The van der Waals surface area contributed by atoms with Gasteiger partial charge in [0.15, 0.2) is 0 Å². The van der Waals surface area contributed by atoms with E-state index >= 15 is 0 Å². The van der Waals surface area contributed by atoms with Gasteiger partial charge in [0.1, 0.15) is 6.04 Å². The van der Waals surface area contributed by atoms with E-state index in [0.717, 1.165) is 31.4 Å². The third-order valence-electron chi connectivity index (χ3n) is 4.28. The van der Waals surface area contributed by atoms with Crippen molar-refractivity contribution in [3.8, 4) is 0 Å². The highest BCUT2D eigenvalue weighted by Gasteiger charge is 2.33. The number of rotatable bonds is 6. The Bertz CT molecular complexity index is 530. The van der Waals surface area contributed by atoms with Crippen molar-refractivity contribution in [2.75, 3.05) is 27.2 Å². The third-order valence-corrected chi connectivity index (χ3v) is 4.28. The normalized spacial score (nSPS) is 19.0. The number of hydrogen-bond acceptors (Lipinski definition) is 3. The van der Waals surface area contributed by atoms with Crippen molar-refractivity contribution in [1.29, 1.82) is 0 Å². The van der Waals surface area contributed by atoms with Crippen molar-refractivity contribution >= 4 is 11.8 Å². The van der Waals surface area contributed by atoms with Crippen LogP contribution >= 0.6 is 0 Å². The van der Waals surface area contributed by atoms with E-state index in [1.807, 2.05) is 49.3 Å². The fraction of sp³-hybridized carbons (Fsp3) is 0.556. The van der Waals surface area contributed by atoms with Crippen LogP contribution in [0.3, 0.4) is 0 Å². The molecule has 0 bridgehead atoms. The van der Waals surface area contributed by atoms with Crippen molar-refractivity contribution in [2.24, 2.45) is 0 Å². The van der Waals surface area contributed by atoms with Gasteiger partial charge in [0, 0.05) is 12.6 Å². The summed E-state index contributed by atoms with van der Waals surface area (Å²) < 4.78 is 0. The van der Waals surface area contributed by atoms with Gasteiger partial charge >= 0.3 is 0 Å². The lowest BCUT2D eigenvalue weighted by Crippen LogP contribution is -2.46. The molecule has 0 unspecified atom stereocenters. The molecule has 1 N–H and O–H groups in total. The molecule has 5 heteroatoms. The quantitative estimate of drug-likeness (QED) is 0.870. The predicted molar refractivity (Wildman–Crippen MR) is 90.9 cm³/mol. The largest absolute Gasteiger partial charge is 0.339 e. The molecule has 1 heterocycles. The number of likely N-dealkylation sites (N-methyl/N-ethyl adjacent to an activating group) is 1. The molecule has 1 saturated heterocycles. The smallest absolute Gasteiger partial charge is 0.250 e. The maximum absolute atomic E-state index is 13.0. The van der Waals surface area contributed by atoms with E-state index in [-0.39, 0.29) is 18.4 Å². The van der Waals surface area contributed by atoms with E-state index in [9.17, 15) is 9.59 Å². The second-order valence-electron chi connectivity index (χ2n) is 6.38. The van der Waals surface area contributed by atoms with E-state index in [2.05, 4.69) is 12.2 Å². The zero-order chi connectivity index (χ0) is 16.8. The summed E-state index contributed by atoms with van der Waals surface area (Å²) in [5.41, 5.74) is 0.839. The Morgan fingerprint density at radius 1 is 1.30 bits per heavy atom. The average Bonchev–Trinajstić information content (AvgIpc) is 3.00. The van der Waals surface area contributed by atoms with Crippen molar-refractivity contribution in [2.45, 2.75) is 38.3 Å². The second kappa shape index (κ2) is 8.11. The molecule has 2 amide bonds. The van der Waals surface area contributed by atoms with Crippen LogP contribution in [0.4, 0.5) is 0 Å². The van der Waals surface area contributed by atoms with Crippen LogP contribution in [0.25, 0.3) is 0 Å². The molecular weight excluding hydrogens is 290 g/mol. The summed E-state index contributed by atoms with van der Waals surface area (Å²) in [5, 5.41) is 2.91. The number of carbonyl (C=O) groups is 2. The van der Waals surface area contributed by atoms with Gasteiger partial charge in [-0.15, -0.1) is 0 Å². The number of carbonyl (C=O) groups excluding carboxylic acids is 2. The van der Waals surface area contributed by atoms with E-state index in [1.165, 1.54) is 0 Å². The molecule has 1 aliphatic rings. The van der Waals surface area contributed by atoms with Crippen LogP contribution in [-0.2, 0) is 9.59 Å². The molecule has 0 spiro atoms. The lowest BCUT2D eigenvalue weighted by molar-refractivity contribution is -0.137. The van der Waals surface area contributed by atoms with Gasteiger partial charge in [-0.1, -0.05) is 37.3 Å². The van der Waals surface area contributed by atoms with Crippen LogP contribution < -0.4 is 5.32 Å². The van der Waals surface area contributed by atoms with E-state index < -0.39 is 6.04 Å². The summed E-state index contributed by atoms with van der Waals surface area (Å²) >= 11 is 0. The zero-order valence-electron chi connectivity index (χ0n) is 14.3. The van der Waals surface area contributed by atoms with Gasteiger partial charge in [-0.05, 0) is 38.9 Å². The van der Waals surface area contributed by atoms with Gasteiger partial charge in [0.2, 0.25) is 11.8 Å². The molecule has 5 nitrogen and oxygen atoms in total. The summed E-state index contributed by atoms with van der Waals surface area (Å²) in [6.07, 6.45) is 3.05. The van der Waals surface area contributed by atoms with E-state index in [0.29, 0.717) is 6.04 Å². The molecule has 1 aromatic rings. The highest BCUT2D eigenvalue weighted by atomic mass is 16.2. The number of amides is 2. The minimum Gasteiger partial charge on any atom is -0.339 e. The Kier molecular flexibility index (Phi) is 6.16. The first-order chi connectivity index (χ1) is 11.0. The van der Waals surface area contributed by atoms with Gasteiger partial charge in [-0.25, -0.2) is 0 Å². The van der Waals surface area contributed by atoms with Gasteiger partial charge in [-0.2, -0.15) is 0 Å². The van der Waals surface area contributed by atoms with Crippen LogP contribution in [0.1, 0.15) is 37.8 Å². The molecule has 126 valence electrons. The van der Waals surface area contributed by atoms with Crippen molar-refractivity contribution in [1.82, 2.24) is 15.1 Å². The SMILES string of the molecule is CC[C@@H]1CCCN1C(=O)[C@H](NC(=O)CN(C)C)c1ccccc1. The molecule has 0 saturated carbocycles. The van der Waals surface area contributed by atoms with Gasteiger partial charge < -0.3 is 15.1 Å². The van der Waals surface area contributed by atoms with Crippen molar-refractivity contribution in [3.63, 3.8) is 0 Å². The van der Waals surface area contributed by atoms with E-state index in [4.69, 9.17) is 0 Å². The third kappa shape index (κ3) is 4.55. The van der Waals surface area contributed by atoms with Crippen molar-refractivity contribution < 1.29 is 9.59 Å². The Morgan fingerprint density at radius 3 is 2.61 bits per heavy atom. The van der Waals surface area contributed by atoms with Crippen LogP contribution in [0.2, 0.25) is 0 Å². The number of nitrogens with zero attached hydrogens (tertiary/aromatic N) is 2. The maximum atomic E-state index is 13.0. The fourth-order valence-electron chi connectivity index (χ4n) is 3.14. The lowest BCUT2D eigenvalue weighted by atomic mass is 10.0. The Labute approximate surface area is 138 Å². The first-order valence-electron chi connectivity index (χ1n) is 8.32. The fourth-order valence-corrected chi connectivity index (χ4v) is 3.14. The summed E-state index contributed by atoms with van der Waals surface area (Å²) in [5.74, 6) is -0.128. The lowest BCUT2D eigenvalue weighted by Gasteiger charge is -2.29. The Morgan fingerprint density at radius 2 is 2.00 bits per heavy atom. The highest BCUT2D eigenvalue weighted by molar-refractivity contribution is 5.89. The molecule has 0 aromatic heterocycles. The monoisotopic (exact) mass is 317 g/mol. The molecule has 1 fully saturated rings. The molecule has 2 atom stereocenters. The van der Waals surface area contributed by atoms with E-state index in [1.54, 1.807) is 4.90 Å². The number of likely N-dealkylation sites (tertiary alicyclic amines) is 1. The Hall–Kier alpha value is -1.88. The molecule has 0 radical (unpaired) electrons. The highest BCUT2D eigenvalue weighted by Crippen LogP contribution is 2.25. The maximum Gasteiger partial charge on any atom is 0.250 e. The van der Waals surface area contributed by atoms with Gasteiger partial charge in [0.25, 0.3) is 0 Å². The molecule has 1 aliphatic heterocycles. The topological polar surface area (TPSA) is 52.7 Å². The standard InChI is InChI=1S/C18H27N3O2/c1-4-15-11-8-12-21(15)18(23)17(14-9-6-5-7-10-14)19-16(22)13-20(2)3/h5-7,9-10,15,17H,4,8,11-13H2,1-3H3,(H,19,22)/t15-,17-/m1/s1. The summed E-state index contributed by atoms with van der Waals surface area (Å²) in [6.45, 7) is 3.16. The number of hydrogen-bond donors (Lipinski definition) is 1. The molecular formula is C18H27N3O2. The van der Waals surface area contributed by atoms with Crippen LogP contribution in [0, 0.1) is 0 Å². The first kappa shape index (κ1) is 17.5. The predicted octanol–water partition coefficient (Wildman–Crippen LogP) is 1.81. The number of nitrogens with one attached hydrogen (secondary N) is 1.